The monoisotopic (exact) mass is 322 g/mol. The van der Waals surface area contributed by atoms with Crippen LogP contribution in [-0.4, -0.2) is 30.4 Å². The van der Waals surface area contributed by atoms with Crippen LogP contribution in [0.25, 0.3) is 0 Å². The highest BCUT2D eigenvalue weighted by Gasteiger charge is 2.34. The minimum absolute atomic E-state index is 0.205. The third-order valence-electron chi connectivity index (χ3n) is 3.84. The lowest BCUT2D eigenvalue weighted by Gasteiger charge is -2.17. The maximum atomic E-state index is 12.7. The Balaban J connectivity index is 1.84. The first-order chi connectivity index (χ1) is 11.7. The van der Waals surface area contributed by atoms with E-state index < -0.39 is 5.97 Å². The maximum Gasteiger partial charge on any atom is 0.337 e. The second kappa shape index (κ2) is 7.00. The van der Waals surface area contributed by atoms with Gasteiger partial charge in [-0.3, -0.25) is 4.79 Å². The van der Waals surface area contributed by atoms with E-state index in [1.165, 1.54) is 7.11 Å². The van der Waals surface area contributed by atoms with E-state index in [0.29, 0.717) is 12.1 Å². The molecule has 0 saturated carbocycles. The standard InChI is InChI=1S/C19H18N2O3/c1-24-19(23)16-13-21(12-14-8-4-2-5-9-14)18(22)17(16)20-15-10-6-3-7-11-15/h2-11,20H,12-13H2,1H3. The molecule has 0 unspecified atom stereocenters. The van der Waals surface area contributed by atoms with Gasteiger partial charge in [0.1, 0.15) is 5.70 Å². The van der Waals surface area contributed by atoms with Gasteiger partial charge in [-0.25, -0.2) is 4.79 Å². The Hall–Kier alpha value is -3.08. The van der Waals surface area contributed by atoms with Crippen molar-refractivity contribution >= 4 is 17.6 Å². The summed E-state index contributed by atoms with van der Waals surface area (Å²) in [6.45, 7) is 0.676. The third-order valence-corrected chi connectivity index (χ3v) is 3.84. The van der Waals surface area contributed by atoms with Crippen LogP contribution in [0, 0.1) is 0 Å². The molecule has 0 bridgehead atoms. The van der Waals surface area contributed by atoms with Gasteiger partial charge in [-0.15, -0.1) is 0 Å². The molecule has 1 aliphatic heterocycles. The molecule has 1 N–H and O–H groups in total. The predicted octanol–water partition coefficient (Wildman–Crippen LogP) is 2.57. The van der Waals surface area contributed by atoms with Crippen molar-refractivity contribution in [1.29, 1.82) is 0 Å². The second-order valence-electron chi connectivity index (χ2n) is 5.48. The van der Waals surface area contributed by atoms with Gasteiger partial charge in [0.05, 0.1) is 19.2 Å². The van der Waals surface area contributed by atoms with E-state index >= 15 is 0 Å². The zero-order chi connectivity index (χ0) is 16.9. The molecule has 0 radical (unpaired) electrons. The Morgan fingerprint density at radius 2 is 1.71 bits per heavy atom. The third kappa shape index (κ3) is 3.30. The van der Waals surface area contributed by atoms with E-state index in [4.69, 9.17) is 4.74 Å². The van der Waals surface area contributed by atoms with Crippen molar-refractivity contribution in [3.05, 3.63) is 77.5 Å². The molecule has 2 aromatic carbocycles. The van der Waals surface area contributed by atoms with E-state index in [-0.39, 0.29) is 18.1 Å². The molecule has 0 fully saturated rings. The van der Waals surface area contributed by atoms with Crippen molar-refractivity contribution in [2.75, 3.05) is 19.0 Å². The molecule has 5 heteroatoms. The summed E-state index contributed by atoms with van der Waals surface area (Å²) in [5.41, 5.74) is 2.39. The van der Waals surface area contributed by atoms with Crippen molar-refractivity contribution in [1.82, 2.24) is 4.90 Å². The Bertz CT molecular complexity index is 770. The quantitative estimate of drug-likeness (QED) is 0.860. The summed E-state index contributed by atoms with van der Waals surface area (Å²) in [5.74, 6) is -0.694. The van der Waals surface area contributed by atoms with E-state index in [1.54, 1.807) is 4.90 Å². The SMILES string of the molecule is COC(=O)C1=C(Nc2ccccc2)C(=O)N(Cc2ccccc2)C1. The van der Waals surface area contributed by atoms with Crippen LogP contribution in [0.15, 0.2) is 71.9 Å². The van der Waals surface area contributed by atoms with Crippen molar-refractivity contribution in [2.45, 2.75) is 6.54 Å². The smallest absolute Gasteiger partial charge is 0.337 e. The highest BCUT2D eigenvalue weighted by atomic mass is 16.5. The molecular formula is C19H18N2O3. The fraction of sp³-hybridized carbons (Fsp3) is 0.158. The van der Waals surface area contributed by atoms with E-state index in [9.17, 15) is 9.59 Å². The number of amides is 1. The first kappa shape index (κ1) is 15.8. The minimum atomic E-state index is -0.489. The van der Waals surface area contributed by atoms with Gasteiger partial charge in [-0.05, 0) is 17.7 Å². The summed E-state index contributed by atoms with van der Waals surface area (Å²) in [4.78, 5) is 26.4. The van der Waals surface area contributed by atoms with E-state index in [0.717, 1.165) is 11.3 Å². The molecule has 5 nitrogen and oxygen atoms in total. The molecular weight excluding hydrogens is 304 g/mol. The number of para-hydroxylation sites is 1. The van der Waals surface area contributed by atoms with Gasteiger partial charge >= 0.3 is 5.97 Å². The lowest BCUT2D eigenvalue weighted by atomic mass is 10.2. The first-order valence-corrected chi connectivity index (χ1v) is 7.66. The molecule has 1 aliphatic rings. The van der Waals surface area contributed by atoms with Gasteiger partial charge in [0.2, 0.25) is 0 Å². The first-order valence-electron chi connectivity index (χ1n) is 7.66. The number of carbonyl (C=O) groups excluding carboxylic acids is 2. The predicted molar refractivity (Wildman–Crippen MR) is 91.0 cm³/mol. The zero-order valence-corrected chi connectivity index (χ0v) is 13.4. The summed E-state index contributed by atoms with van der Waals surface area (Å²) < 4.78 is 4.83. The highest BCUT2D eigenvalue weighted by molar-refractivity contribution is 6.08. The lowest BCUT2D eigenvalue weighted by molar-refractivity contribution is -0.136. The Morgan fingerprint density at radius 3 is 2.33 bits per heavy atom. The number of anilines is 1. The summed E-state index contributed by atoms with van der Waals surface area (Å²) >= 11 is 0. The fourth-order valence-corrected chi connectivity index (χ4v) is 2.64. The molecule has 24 heavy (non-hydrogen) atoms. The van der Waals surface area contributed by atoms with Gasteiger partial charge in [-0.1, -0.05) is 48.5 Å². The number of benzene rings is 2. The van der Waals surface area contributed by atoms with Crippen molar-refractivity contribution < 1.29 is 14.3 Å². The van der Waals surface area contributed by atoms with Gasteiger partial charge in [0.15, 0.2) is 0 Å². The molecule has 0 saturated heterocycles. The average Bonchev–Trinajstić information content (AvgIpc) is 2.92. The largest absolute Gasteiger partial charge is 0.466 e. The van der Waals surface area contributed by atoms with Crippen LogP contribution in [0.1, 0.15) is 5.56 Å². The number of nitrogens with one attached hydrogen (secondary N) is 1. The van der Waals surface area contributed by atoms with Crippen LogP contribution >= 0.6 is 0 Å². The van der Waals surface area contributed by atoms with Gasteiger partial charge in [0, 0.05) is 12.2 Å². The van der Waals surface area contributed by atoms with Crippen LogP contribution in [0.2, 0.25) is 0 Å². The topological polar surface area (TPSA) is 58.6 Å². The maximum absolute atomic E-state index is 12.7. The minimum Gasteiger partial charge on any atom is -0.466 e. The number of carbonyl (C=O) groups is 2. The van der Waals surface area contributed by atoms with Crippen LogP contribution in [-0.2, 0) is 20.9 Å². The van der Waals surface area contributed by atoms with Gasteiger partial charge in [-0.2, -0.15) is 0 Å². The number of ether oxygens (including phenoxy) is 1. The molecule has 3 rings (SSSR count). The molecule has 2 aromatic rings. The number of hydrogen-bond donors (Lipinski definition) is 1. The van der Waals surface area contributed by atoms with E-state index in [2.05, 4.69) is 5.32 Å². The van der Waals surface area contributed by atoms with Gasteiger partial charge < -0.3 is 15.0 Å². The highest BCUT2D eigenvalue weighted by Crippen LogP contribution is 2.24. The number of methoxy groups -OCH3 is 1. The number of rotatable bonds is 5. The van der Waals surface area contributed by atoms with Crippen LogP contribution < -0.4 is 5.32 Å². The summed E-state index contributed by atoms with van der Waals surface area (Å²) in [7, 11) is 1.32. The molecule has 0 spiro atoms. The van der Waals surface area contributed by atoms with Crippen LogP contribution in [0.5, 0.6) is 0 Å². The Morgan fingerprint density at radius 1 is 1.08 bits per heavy atom. The van der Waals surface area contributed by atoms with Crippen molar-refractivity contribution in [3.8, 4) is 0 Å². The van der Waals surface area contributed by atoms with Crippen molar-refractivity contribution in [3.63, 3.8) is 0 Å². The molecule has 1 heterocycles. The number of nitrogens with zero attached hydrogens (tertiary/aromatic N) is 1. The van der Waals surface area contributed by atoms with Crippen molar-refractivity contribution in [2.24, 2.45) is 0 Å². The fourth-order valence-electron chi connectivity index (χ4n) is 2.64. The molecule has 0 aliphatic carbocycles. The summed E-state index contributed by atoms with van der Waals surface area (Å²) in [6, 6.07) is 19.0. The molecule has 1 amide bonds. The Kier molecular flexibility index (Phi) is 4.61. The summed E-state index contributed by atoms with van der Waals surface area (Å²) in [6.07, 6.45) is 0. The second-order valence-corrected chi connectivity index (χ2v) is 5.48. The zero-order valence-electron chi connectivity index (χ0n) is 13.4. The summed E-state index contributed by atoms with van der Waals surface area (Å²) in [5, 5.41) is 3.06. The number of esters is 1. The molecule has 122 valence electrons. The lowest BCUT2D eigenvalue weighted by Crippen LogP contribution is -2.28. The van der Waals surface area contributed by atoms with E-state index in [1.807, 2.05) is 60.7 Å². The van der Waals surface area contributed by atoms with Crippen LogP contribution in [0.3, 0.4) is 0 Å². The Labute approximate surface area is 140 Å². The number of hydrogen-bond acceptors (Lipinski definition) is 4. The van der Waals surface area contributed by atoms with Gasteiger partial charge in [0.25, 0.3) is 5.91 Å². The molecule has 0 aromatic heterocycles. The average molecular weight is 322 g/mol. The van der Waals surface area contributed by atoms with Crippen LogP contribution in [0.4, 0.5) is 5.69 Å². The normalized spacial score (nSPS) is 14.0. The molecule has 0 atom stereocenters.